The molecule has 0 radical (unpaired) electrons. The summed E-state index contributed by atoms with van der Waals surface area (Å²) in [6, 6.07) is 5.41. The SMILES string of the molecule is CCc1nn(CC)c(CC(=O)c2ccc(N)c(C)c2)c1Br. The molecule has 4 nitrogen and oxygen atoms in total. The highest BCUT2D eigenvalue weighted by atomic mass is 79.9. The van der Waals surface area contributed by atoms with E-state index in [2.05, 4.69) is 28.0 Å². The van der Waals surface area contributed by atoms with Crippen LogP contribution in [0, 0.1) is 6.92 Å². The van der Waals surface area contributed by atoms with Crippen molar-refractivity contribution in [3.8, 4) is 0 Å². The molecule has 0 bridgehead atoms. The van der Waals surface area contributed by atoms with Crippen LogP contribution in [0.2, 0.25) is 0 Å². The van der Waals surface area contributed by atoms with E-state index in [1.807, 2.05) is 24.6 Å². The Labute approximate surface area is 133 Å². The Morgan fingerprint density at radius 3 is 2.67 bits per heavy atom. The number of nitrogen functional groups attached to an aromatic ring is 1. The molecule has 2 N–H and O–H groups in total. The molecule has 2 aromatic rings. The standard InChI is InChI=1S/C16H20BrN3O/c1-4-13-16(17)14(20(5-2)19-13)9-15(21)11-6-7-12(18)10(3)8-11/h6-8H,4-5,9,18H2,1-3H3. The zero-order valence-corrected chi connectivity index (χ0v) is 14.2. The van der Waals surface area contributed by atoms with Gasteiger partial charge in [-0.25, -0.2) is 0 Å². The van der Waals surface area contributed by atoms with Crippen LogP contribution in [0.1, 0.15) is 41.2 Å². The van der Waals surface area contributed by atoms with E-state index in [1.165, 1.54) is 0 Å². The van der Waals surface area contributed by atoms with Crippen molar-refractivity contribution in [2.75, 3.05) is 5.73 Å². The van der Waals surface area contributed by atoms with Crippen molar-refractivity contribution in [3.63, 3.8) is 0 Å². The summed E-state index contributed by atoms with van der Waals surface area (Å²) >= 11 is 3.57. The van der Waals surface area contributed by atoms with E-state index in [0.29, 0.717) is 17.7 Å². The average molecular weight is 350 g/mol. The van der Waals surface area contributed by atoms with Gasteiger partial charge in [-0.3, -0.25) is 9.48 Å². The first-order valence-electron chi connectivity index (χ1n) is 7.11. The molecular formula is C16H20BrN3O. The quantitative estimate of drug-likeness (QED) is 0.663. The predicted molar refractivity (Wildman–Crippen MR) is 88.6 cm³/mol. The van der Waals surface area contributed by atoms with Gasteiger partial charge >= 0.3 is 0 Å². The van der Waals surface area contributed by atoms with Gasteiger partial charge in [0, 0.05) is 17.8 Å². The molecule has 21 heavy (non-hydrogen) atoms. The highest BCUT2D eigenvalue weighted by Crippen LogP contribution is 2.24. The van der Waals surface area contributed by atoms with Gasteiger partial charge in [-0.2, -0.15) is 5.10 Å². The van der Waals surface area contributed by atoms with E-state index < -0.39 is 0 Å². The molecule has 1 aromatic heterocycles. The number of hydrogen-bond acceptors (Lipinski definition) is 3. The molecule has 0 aliphatic heterocycles. The Morgan fingerprint density at radius 1 is 1.38 bits per heavy atom. The zero-order valence-electron chi connectivity index (χ0n) is 12.6. The minimum absolute atomic E-state index is 0.0797. The van der Waals surface area contributed by atoms with Crippen LogP contribution in [-0.2, 0) is 19.4 Å². The number of nitrogens with zero attached hydrogens (tertiary/aromatic N) is 2. The lowest BCUT2D eigenvalue weighted by Crippen LogP contribution is -2.10. The Morgan fingerprint density at radius 2 is 2.10 bits per heavy atom. The largest absolute Gasteiger partial charge is 0.399 e. The van der Waals surface area contributed by atoms with Gasteiger partial charge in [0.25, 0.3) is 0 Å². The molecule has 0 amide bonds. The number of rotatable bonds is 5. The molecule has 0 saturated heterocycles. The molecule has 0 saturated carbocycles. The number of halogens is 1. The van der Waals surface area contributed by atoms with Crippen molar-refractivity contribution in [2.45, 2.75) is 40.2 Å². The van der Waals surface area contributed by atoms with Crippen LogP contribution in [0.15, 0.2) is 22.7 Å². The predicted octanol–water partition coefficient (Wildman–Crippen LogP) is 3.54. The van der Waals surface area contributed by atoms with E-state index in [-0.39, 0.29) is 5.78 Å². The number of aryl methyl sites for hydroxylation is 3. The fourth-order valence-electron chi connectivity index (χ4n) is 2.29. The minimum Gasteiger partial charge on any atom is -0.399 e. The zero-order chi connectivity index (χ0) is 15.6. The topological polar surface area (TPSA) is 60.9 Å². The smallest absolute Gasteiger partial charge is 0.168 e. The number of Topliss-reactive ketones (excluding diaryl/α,β-unsaturated/α-hetero) is 1. The van der Waals surface area contributed by atoms with Gasteiger partial charge in [0.1, 0.15) is 0 Å². The van der Waals surface area contributed by atoms with Crippen molar-refractivity contribution >= 4 is 27.4 Å². The number of aromatic nitrogens is 2. The average Bonchev–Trinajstić information content (AvgIpc) is 2.78. The lowest BCUT2D eigenvalue weighted by atomic mass is 10.0. The molecule has 0 spiro atoms. The maximum atomic E-state index is 12.5. The van der Waals surface area contributed by atoms with E-state index in [9.17, 15) is 4.79 Å². The van der Waals surface area contributed by atoms with Crippen LogP contribution in [0.4, 0.5) is 5.69 Å². The van der Waals surface area contributed by atoms with Gasteiger partial charge < -0.3 is 5.73 Å². The van der Waals surface area contributed by atoms with Crippen LogP contribution in [-0.4, -0.2) is 15.6 Å². The molecule has 0 unspecified atom stereocenters. The van der Waals surface area contributed by atoms with Crippen molar-refractivity contribution in [2.24, 2.45) is 0 Å². The maximum Gasteiger partial charge on any atom is 0.168 e. The monoisotopic (exact) mass is 349 g/mol. The van der Waals surface area contributed by atoms with Gasteiger partial charge in [-0.05, 0) is 60.0 Å². The fraction of sp³-hybridized carbons (Fsp3) is 0.375. The number of carbonyl (C=O) groups is 1. The summed E-state index contributed by atoms with van der Waals surface area (Å²) in [6.45, 7) is 6.75. The van der Waals surface area contributed by atoms with Crippen molar-refractivity contribution < 1.29 is 4.79 Å². The van der Waals surface area contributed by atoms with E-state index in [4.69, 9.17) is 5.73 Å². The van der Waals surface area contributed by atoms with Crippen molar-refractivity contribution in [1.82, 2.24) is 9.78 Å². The van der Waals surface area contributed by atoms with Crippen LogP contribution in [0.5, 0.6) is 0 Å². The third-order valence-corrected chi connectivity index (χ3v) is 4.53. The first-order valence-corrected chi connectivity index (χ1v) is 7.90. The van der Waals surface area contributed by atoms with Crippen LogP contribution in [0.3, 0.4) is 0 Å². The van der Waals surface area contributed by atoms with Crippen LogP contribution < -0.4 is 5.73 Å². The number of carbonyl (C=O) groups excluding carboxylic acids is 1. The second kappa shape index (κ2) is 6.43. The highest BCUT2D eigenvalue weighted by Gasteiger charge is 2.18. The van der Waals surface area contributed by atoms with Crippen LogP contribution >= 0.6 is 15.9 Å². The highest BCUT2D eigenvalue weighted by molar-refractivity contribution is 9.10. The molecule has 112 valence electrons. The van der Waals surface area contributed by atoms with Gasteiger partial charge in [-0.15, -0.1) is 0 Å². The first-order chi connectivity index (χ1) is 9.97. The Bertz CT molecular complexity index is 676. The minimum atomic E-state index is 0.0797. The van der Waals surface area contributed by atoms with Crippen LogP contribution in [0.25, 0.3) is 0 Å². The summed E-state index contributed by atoms with van der Waals surface area (Å²) in [4.78, 5) is 12.5. The Hall–Kier alpha value is -1.62. The second-order valence-corrected chi connectivity index (χ2v) is 5.84. The van der Waals surface area contributed by atoms with Gasteiger partial charge in [0.2, 0.25) is 0 Å². The van der Waals surface area contributed by atoms with Gasteiger partial charge in [0.05, 0.1) is 22.3 Å². The molecule has 0 fully saturated rings. The molecule has 0 aliphatic rings. The van der Waals surface area contributed by atoms with Gasteiger partial charge in [0.15, 0.2) is 5.78 Å². The number of ketones is 1. The molecule has 2 rings (SSSR count). The molecule has 5 heteroatoms. The summed E-state index contributed by atoms with van der Waals surface area (Å²) in [5.41, 5.74) is 10.1. The lowest BCUT2D eigenvalue weighted by Gasteiger charge is -2.07. The van der Waals surface area contributed by atoms with E-state index in [1.54, 1.807) is 12.1 Å². The molecular weight excluding hydrogens is 330 g/mol. The lowest BCUT2D eigenvalue weighted by molar-refractivity contribution is 0.0990. The second-order valence-electron chi connectivity index (χ2n) is 5.05. The summed E-state index contributed by atoms with van der Waals surface area (Å²) in [5, 5.41) is 4.52. The molecule has 0 aliphatic carbocycles. The number of benzene rings is 1. The summed E-state index contributed by atoms with van der Waals surface area (Å²) < 4.78 is 2.85. The Balaban J connectivity index is 2.31. The summed E-state index contributed by atoms with van der Waals surface area (Å²) in [7, 11) is 0. The maximum absolute atomic E-state index is 12.5. The first kappa shape index (κ1) is 15.8. The molecule has 0 atom stereocenters. The van der Waals surface area contributed by atoms with Gasteiger partial charge in [-0.1, -0.05) is 6.92 Å². The Kier molecular flexibility index (Phi) is 4.83. The normalized spacial score (nSPS) is 10.9. The van der Waals surface area contributed by atoms with E-state index in [0.717, 1.165) is 34.4 Å². The third-order valence-electron chi connectivity index (χ3n) is 3.61. The fourth-order valence-corrected chi connectivity index (χ4v) is 2.99. The van der Waals surface area contributed by atoms with E-state index >= 15 is 0 Å². The molecule has 1 heterocycles. The van der Waals surface area contributed by atoms with Crippen molar-refractivity contribution in [3.05, 3.63) is 45.2 Å². The van der Waals surface area contributed by atoms with Crippen molar-refractivity contribution in [1.29, 1.82) is 0 Å². The number of hydrogen-bond donors (Lipinski definition) is 1. The summed E-state index contributed by atoms with van der Waals surface area (Å²) in [6.07, 6.45) is 1.18. The third kappa shape index (κ3) is 3.18. The number of nitrogens with two attached hydrogens (primary N) is 1. The number of anilines is 1. The molecule has 1 aromatic carbocycles. The summed E-state index contributed by atoms with van der Waals surface area (Å²) in [5.74, 6) is 0.0797.